The van der Waals surface area contributed by atoms with Crippen LogP contribution in [0.4, 0.5) is 4.39 Å². The van der Waals surface area contributed by atoms with E-state index in [-0.39, 0.29) is 17.5 Å². The van der Waals surface area contributed by atoms with Gasteiger partial charge >= 0.3 is 0 Å². The van der Waals surface area contributed by atoms with E-state index in [1.165, 1.54) is 12.1 Å². The third-order valence-electron chi connectivity index (χ3n) is 3.64. The van der Waals surface area contributed by atoms with Gasteiger partial charge in [-0.25, -0.2) is 4.39 Å². The van der Waals surface area contributed by atoms with Crippen molar-refractivity contribution in [2.24, 2.45) is 5.73 Å². The van der Waals surface area contributed by atoms with Crippen LogP contribution < -0.4 is 5.73 Å². The SMILES string of the molecule is Cc1cc(Cl)c(C(=O)N2CCCCC2CN)cc1F. The number of piperidine rings is 1. The summed E-state index contributed by atoms with van der Waals surface area (Å²) in [6.45, 7) is 2.71. The first-order valence-electron chi connectivity index (χ1n) is 6.51. The molecule has 104 valence electrons. The molecule has 2 N–H and O–H groups in total. The number of aryl methyl sites for hydroxylation is 1. The molecule has 3 nitrogen and oxygen atoms in total. The Bertz CT molecular complexity index is 493. The van der Waals surface area contributed by atoms with Crippen LogP contribution in [0.3, 0.4) is 0 Å². The molecule has 0 aromatic heterocycles. The Morgan fingerprint density at radius 1 is 1.53 bits per heavy atom. The van der Waals surface area contributed by atoms with E-state index in [9.17, 15) is 9.18 Å². The van der Waals surface area contributed by atoms with Crippen LogP contribution in [0.25, 0.3) is 0 Å². The molecule has 0 radical (unpaired) electrons. The Kier molecular flexibility index (Phi) is 4.42. The first-order chi connectivity index (χ1) is 9.04. The highest BCUT2D eigenvalue weighted by Gasteiger charge is 2.28. The number of hydrogen-bond acceptors (Lipinski definition) is 2. The van der Waals surface area contributed by atoms with Crippen molar-refractivity contribution in [3.8, 4) is 0 Å². The first-order valence-corrected chi connectivity index (χ1v) is 6.89. The van der Waals surface area contributed by atoms with Crippen LogP contribution in [0, 0.1) is 12.7 Å². The lowest BCUT2D eigenvalue weighted by atomic mass is 10.0. The Balaban J connectivity index is 2.30. The molecule has 1 saturated heterocycles. The van der Waals surface area contributed by atoms with Crippen molar-refractivity contribution in [2.45, 2.75) is 32.2 Å². The second-order valence-electron chi connectivity index (χ2n) is 4.97. The average molecular weight is 285 g/mol. The molecular weight excluding hydrogens is 267 g/mol. The molecule has 19 heavy (non-hydrogen) atoms. The maximum absolute atomic E-state index is 13.6. The normalized spacial score (nSPS) is 19.6. The molecule has 1 aromatic rings. The third kappa shape index (κ3) is 2.90. The number of nitrogens with two attached hydrogens (primary N) is 1. The van der Waals surface area contributed by atoms with Gasteiger partial charge in [0.2, 0.25) is 0 Å². The minimum atomic E-state index is -0.408. The summed E-state index contributed by atoms with van der Waals surface area (Å²) in [5.41, 5.74) is 6.37. The van der Waals surface area contributed by atoms with Gasteiger partial charge in [0, 0.05) is 19.1 Å². The van der Waals surface area contributed by atoms with E-state index in [0.29, 0.717) is 23.7 Å². The predicted molar refractivity (Wildman–Crippen MR) is 73.9 cm³/mol. The van der Waals surface area contributed by atoms with Crippen molar-refractivity contribution in [3.63, 3.8) is 0 Å². The second kappa shape index (κ2) is 5.88. The molecule has 0 bridgehead atoms. The number of amides is 1. The van der Waals surface area contributed by atoms with Crippen LogP contribution in [0.2, 0.25) is 5.02 Å². The molecule has 0 saturated carbocycles. The zero-order valence-corrected chi connectivity index (χ0v) is 11.7. The van der Waals surface area contributed by atoms with Crippen molar-refractivity contribution < 1.29 is 9.18 Å². The lowest BCUT2D eigenvalue weighted by Gasteiger charge is -2.35. The van der Waals surface area contributed by atoms with Crippen LogP contribution in [-0.4, -0.2) is 29.9 Å². The van der Waals surface area contributed by atoms with E-state index in [0.717, 1.165) is 19.3 Å². The summed E-state index contributed by atoms with van der Waals surface area (Å²) >= 11 is 6.06. The Morgan fingerprint density at radius 3 is 2.95 bits per heavy atom. The van der Waals surface area contributed by atoms with Crippen LogP contribution >= 0.6 is 11.6 Å². The average Bonchev–Trinajstić information content (AvgIpc) is 2.42. The van der Waals surface area contributed by atoms with Crippen molar-refractivity contribution in [1.29, 1.82) is 0 Å². The van der Waals surface area contributed by atoms with Gasteiger partial charge in [0.1, 0.15) is 5.82 Å². The van der Waals surface area contributed by atoms with Gasteiger partial charge in [0.15, 0.2) is 0 Å². The van der Waals surface area contributed by atoms with Crippen molar-refractivity contribution >= 4 is 17.5 Å². The maximum atomic E-state index is 13.6. The second-order valence-corrected chi connectivity index (χ2v) is 5.37. The maximum Gasteiger partial charge on any atom is 0.255 e. The summed E-state index contributed by atoms with van der Waals surface area (Å²) in [4.78, 5) is 14.2. The number of benzene rings is 1. The van der Waals surface area contributed by atoms with Crippen molar-refractivity contribution in [2.75, 3.05) is 13.1 Å². The van der Waals surface area contributed by atoms with E-state index in [1.807, 2.05) is 0 Å². The van der Waals surface area contributed by atoms with Gasteiger partial charge < -0.3 is 10.6 Å². The summed E-state index contributed by atoms with van der Waals surface area (Å²) in [6.07, 6.45) is 2.92. The molecule has 5 heteroatoms. The monoisotopic (exact) mass is 284 g/mol. The quantitative estimate of drug-likeness (QED) is 0.908. The van der Waals surface area contributed by atoms with E-state index in [1.54, 1.807) is 11.8 Å². The lowest BCUT2D eigenvalue weighted by Crippen LogP contribution is -2.47. The highest BCUT2D eigenvalue weighted by Crippen LogP contribution is 2.25. The molecule has 1 fully saturated rings. The van der Waals surface area contributed by atoms with Gasteiger partial charge in [-0.15, -0.1) is 0 Å². The Morgan fingerprint density at radius 2 is 2.26 bits per heavy atom. The minimum Gasteiger partial charge on any atom is -0.334 e. The molecule has 0 spiro atoms. The zero-order valence-electron chi connectivity index (χ0n) is 11.0. The van der Waals surface area contributed by atoms with Gasteiger partial charge in [0.05, 0.1) is 10.6 Å². The fraction of sp³-hybridized carbons (Fsp3) is 0.500. The Labute approximate surface area is 117 Å². The van der Waals surface area contributed by atoms with Gasteiger partial charge in [0.25, 0.3) is 5.91 Å². The molecule has 1 heterocycles. The highest BCUT2D eigenvalue weighted by molar-refractivity contribution is 6.33. The largest absolute Gasteiger partial charge is 0.334 e. The molecule has 1 aliphatic heterocycles. The molecule has 2 rings (SSSR count). The number of rotatable bonds is 2. The molecule has 1 atom stereocenters. The van der Waals surface area contributed by atoms with Gasteiger partial charge in [-0.2, -0.15) is 0 Å². The summed E-state index contributed by atoms with van der Waals surface area (Å²) in [5, 5.41) is 0.297. The summed E-state index contributed by atoms with van der Waals surface area (Å²) in [7, 11) is 0. The van der Waals surface area contributed by atoms with Gasteiger partial charge in [-0.1, -0.05) is 11.6 Å². The zero-order chi connectivity index (χ0) is 14.0. The Hall–Kier alpha value is -1.13. The molecular formula is C14H18ClFN2O. The number of carbonyl (C=O) groups excluding carboxylic acids is 1. The molecule has 1 aliphatic rings. The smallest absolute Gasteiger partial charge is 0.255 e. The fourth-order valence-corrected chi connectivity index (χ4v) is 2.78. The minimum absolute atomic E-state index is 0.0293. The van der Waals surface area contributed by atoms with Crippen molar-refractivity contribution in [1.82, 2.24) is 4.90 Å². The predicted octanol–water partition coefficient (Wildman–Crippen LogP) is 2.74. The number of halogens is 2. The number of likely N-dealkylation sites (tertiary alicyclic amines) is 1. The van der Waals surface area contributed by atoms with Crippen molar-refractivity contribution in [3.05, 3.63) is 34.1 Å². The lowest BCUT2D eigenvalue weighted by molar-refractivity contribution is 0.0623. The first kappa shape index (κ1) is 14.3. The van der Waals surface area contributed by atoms with Crippen LogP contribution in [0.1, 0.15) is 35.2 Å². The molecule has 0 aliphatic carbocycles. The number of hydrogen-bond donors (Lipinski definition) is 1. The third-order valence-corrected chi connectivity index (χ3v) is 3.95. The molecule has 1 unspecified atom stereocenters. The van der Waals surface area contributed by atoms with Crippen LogP contribution in [0.5, 0.6) is 0 Å². The molecule has 1 amide bonds. The summed E-state index contributed by atoms with van der Waals surface area (Å²) < 4.78 is 13.6. The van der Waals surface area contributed by atoms with Crippen LogP contribution in [-0.2, 0) is 0 Å². The number of nitrogens with zero attached hydrogens (tertiary/aromatic N) is 1. The van der Waals surface area contributed by atoms with E-state index >= 15 is 0 Å². The van der Waals surface area contributed by atoms with E-state index in [2.05, 4.69) is 0 Å². The fourth-order valence-electron chi connectivity index (χ4n) is 2.48. The highest BCUT2D eigenvalue weighted by atomic mass is 35.5. The number of carbonyl (C=O) groups is 1. The summed E-state index contributed by atoms with van der Waals surface area (Å²) in [6, 6.07) is 2.75. The standard InChI is InChI=1S/C14H18ClFN2O/c1-9-6-12(15)11(7-13(9)16)14(19)18-5-3-2-4-10(18)8-17/h6-7,10H,2-5,8,17H2,1H3. The topological polar surface area (TPSA) is 46.3 Å². The summed E-state index contributed by atoms with van der Waals surface area (Å²) in [5.74, 6) is -0.631. The van der Waals surface area contributed by atoms with Crippen LogP contribution in [0.15, 0.2) is 12.1 Å². The molecule has 1 aromatic carbocycles. The van der Waals surface area contributed by atoms with E-state index < -0.39 is 5.82 Å². The van der Waals surface area contributed by atoms with E-state index in [4.69, 9.17) is 17.3 Å². The van der Waals surface area contributed by atoms with Gasteiger partial charge in [-0.05, 0) is 43.9 Å². The van der Waals surface area contributed by atoms with Gasteiger partial charge in [-0.3, -0.25) is 4.79 Å².